The van der Waals surface area contributed by atoms with Crippen LogP contribution in [0.15, 0.2) is 78.0 Å². The minimum Gasteiger partial charge on any atom is -0.355 e. The summed E-state index contributed by atoms with van der Waals surface area (Å²) in [4.78, 5) is 29.0. The molecule has 0 fully saturated rings. The number of carbonyl (C=O) groups excluding carboxylic acids is 2. The van der Waals surface area contributed by atoms with Crippen LogP contribution in [0.4, 0.5) is 0 Å². The molecule has 0 aliphatic rings. The van der Waals surface area contributed by atoms with Crippen molar-refractivity contribution in [3.63, 3.8) is 0 Å². The average Bonchev–Trinajstić information content (AvgIpc) is 2.78. The normalized spacial score (nSPS) is 10.4. The number of carbonyl (C=O) groups is 2. The SMILES string of the molecule is O=C(CSc1ncccc1C(=O)NCc1ccccc1Cl)NCCc1ccccc1. The van der Waals surface area contributed by atoms with Crippen molar-refractivity contribution in [1.29, 1.82) is 0 Å². The Labute approximate surface area is 185 Å². The van der Waals surface area contributed by atoms with Gasteiger partial charge in [-0.15, -0.1) is 0 Å². The van der Waals surface area contributed by atoms with Crippen LogP contribution in [-0.2, 0) is 17.8 Å². The van der Waals surface area contributed by atoms with Crippen molar-refractivity contribution >= 4 is 35.2 Å². The second kappa shape index (κ2) is 11.4. The number of nitrogens with one attached hydrogen (secondary N) is 2. The van der Waals surface area contributed by atoms with Crippen LogP contribution in [0.5, 0.6) is 0 Å². The zero-order valence-electron chi connectivity index (χ0n) is 16.3. The predicted octanol–water partition coefficient (Wildman–Crippen LogP) is 4.12. The zero-order chi connectivity index (χ0) is 21.2. The topological polar surface area (TPSA) is 71.1 Å². The highest BCUT2D eigenvalue weighted by Gasteiger charge is 2.14. The van der Waals surface area contributed by atoms with E-state index in [1.54, 1.807) is 24.4 Å². The molecule has 0 bridgehead atoms. The molecule has 3 aromatic rings. The predicted molar refractivity (Wildman–Crippen MR) is 121 cm³/mol. The molecule has 2 N–H and O–H groups in total. The van der Waals surface area contributed by atoms with Crippen LogP contribution < -0.4 is 10.6 Å². The summed E-state index contributed by atoms with van der Waals surface area (Å²) in [5.41, 5.74) is 2.45. The van der Waals surface area contributed by atoms with Crippen molar-refractivity contribution in [2.75, 3.05) is 12.3 Å². The molecule has 154 valence electrons. The first-order valence-corrected chi connectivity index (χ1v) is 10.9. The number of hydrogen-bond donors (Lipinski definition) is 2. The summed E-state index contributed by atoms with van der Waals surface area (Å²) >= 11 is 7.38. The fourth-order valence-corrected chi connectivity index (χ4v) is 3.79. The van der Waals surface area contributed by atoms with Gasteiger partial charge in [0.15, 0.2) is 0 Å². The Balaban J connectivity index is 1.50. The lowest BCUT2D eigenvalue weighted by atomic mass is 10.1. The molecule has 7 heteroatoms. The van der Waals surface area contributed by atoms with E-state index in [0.29, 0.717) is 28.7 Å². The van der Waals surface area contributed by atoms with Crippen LogP contribution in [0.2, 0.25) is 5.02 Å². The van der Waals surface area contributed by atoms with E-state index in [1.807, 2.05) is 48.5 Å². The first-order chi connectivity index (χ1) is 14.6. The minimum atomic E-state index is -0.255. The molecule has 30 heavy (non-hydrogen) atoms. The Hall–Kier alpha value is -2.83. The largest absolute Gasteiger partial charge is 0.355 e. The molecule has 0 unspecified atom stereocenters. The Morgan fingerprint density at radius 1 is 0.933 bits per heavy atom. The van der Waals surface area contributed by atoms with Crippen molar-refractivity contribution in [1.82, 2.24) is 15.6 Å². The number of pyridine rings is 1. The van der Waals surface area contributed by atoms with Gasteiger partial charge in [0.1, 0.15) is 5.03 Å². The van der Waals surface area contributed by atoms with Gasteiger partial charge in [0, 0.05) is 24.3 Å². The van der Waals surface area contributed by atoms with E-state index in [0.717, 1.165) is 12.0 Å². The van der Waals surface area contributed by atoms with Crippen LogP contribution in [-0.4, -0.2) is 29.1 Å². The molecule has 0 atom stereocenters. The standard InChI is InChI=1S/C23H22ClN3O2S/c24-20-11-5-4-9-18(20)15-27-22(29)19-10-6-13-26-23(19)30-16-21(28)25-14-12-17-7-2-1-3-8-17/h1-11,13H,12,14-16H2,(H,25,28)(H,27,29). The third kappa shape index (κ3) is 6.61. The molecule has 2 amide bonds. The van der Waals surface area contributed by atoms with Crippen LogP contribution in [0.3, 0.4) is 0 Å². The molecule has 0 aliphatic carbocycles. The molecule has 0 aliphatic heterocycles. The van der Waals surface area contributed by atoms with Gasteiger partial charge < -0.3 is 10.6 Å². The summed E-state index contributed by atoms with van der Waals surface area (Å²) in [6, 6.07) is 20.7. The summed E-state index contributed by atoms with van der Waals surface area (Å²) in [7, 11) is 0. The van der Waals surface area contributed by atoms with Crippen molar-refractivity contribution in [2.45, 2.75) is 18.0 Å². The van der Waals surface area contributed by atoms with E-state index in [1.165, 1.54) is 17.3 Å². The number of nitrogens with zero attached hydrogens (tertiary/aromatic N) is 1. The summed E-state index contributed by atoms with van der Waals surface area (Å²) in [6.07, 6.45) is 2.39. The maximum Gasteiger partial charge on any atom is 0.254 e. The number of amides is 2. The monoisotopic (exact) mass is 439 g/mol. The molecular formula is C23H22ClN3O2S. The van der Waals surface area contributed by atoms with Gasteiger partial charge >= 0.3 is 0 Å². The summed E-state index contributed by atoms with van der Waals surface area (Å²) in [5, 5.41) is 6.88. The fraction of sp³-hybridized carbons (Fsp3) is 0.174. The number of thioether (sulfide) groups is 1. The van der Waals surface area contributed by atoms with E-state index in [-0.39, 0.29) is 17.6 Å². The van der Waals surface area contributed by atoms with Crippen LogP contribution in [0.1, 0.15) is 21.5 Å². The van der Waals surface area contributed by atoms with Gasteiger partial charge in [-0.1, -0.05) is 71.9 Å². The molecule has 0 saturated carbocycles. The molecule has 1 aromatic heterocycles. The smallest absolute Gasteiger partial charge is 0.254 e. The van der Waals surface area contributed by atoms with Crippen molar-refractivity contribution in [3.8, 4) is 0 Å². The second-order valence-electron chi connectivity index (χ2n) is 6.50. The Morgan fingerprint density at radius 3 is 2.50 bits per heavy atom. The Bertz CT molecular complexity index is 999. The van der Waals surface area contributed by atoms with Crippen molar-refractivity contribution in [3.05, 3.63) is 94.6 Å². The molecule has 1 heterocycles. The Morgan fingerprint density at radius 2 is 1.70 bits per heavy atom. The van der Waals surface area contributed by atoms with E-state index < -0.39 is 0 Å². The minimum absolute atomic E-state index is 0.0935. The van der Waals surface area contributed by atoms with Gasteiger partial charge in [0.2, 0.25) is 5.91 Å². The zero-order valence-corrected chi connectivity index (χ0v) is 17.9. The third-order valence-electron chi connectivity index (χ3n) is 4.33. The molecule has 2 aromatic carbocycles. The number of halogens is 1. The molecule has 0 radical (unpaired) electrons. The molecular weight excluding hydrogens is 418 g/mol. The van der Waals surface area contributed by atoms with Gasteiger partial charge in [-0.3, -0.25) is 9.59 Å². The summed E-state index contributed by atoms with van der Waals surface area (Å²) in [5.74, 6) is -0.157. The lowest BCUT2D eigenvalue weighted by Gasteiger charge is -2.10. The second-order valence-corrected chi connectivity index (χ2v) is 7.88. The molecule has 0 spiro atoms. The van der Waals surface area contributed by atoms with Gasteiger partial charge in [0.05, 0.1) is 11.3 Å². The number of rotatable bonds is 9. The lowest BCUT2D eigenvalue weighted by molar-refractivity contribution is -0.118. The first-order valence-electron chi connectivity index (χ1n) is 9.53. The molecule has 0 saturated heterocycles. The molecule has 3 rings (SSSR count). The highest BCUT2D eigenvalue weighted by Crippen LogP contribution is 2.20. The van der Waals surface area contributed by atoms with E-state index in [9.17, 15) is 9.59 Å². The summed E-state index contributed by atoms with van der Waals surface area (Å²) in [6.45, 7) is 0.883. The number of hydrogen-bond acceptors (Lipinski definition) is 4. The maximum absolute atomic E-state index is 12.6. The van der Waals surface area contributed by atoms with Gasteiger partial charge in [-0.05, 0) is 35.7 Å². The van der Waals surface area contributed by atoms with E-state index in [4.69, 9.17) is 11.6 Å². The Kier molecular flexibility index (Phi) is 8.30. The van der Waals surface area contributed by atoms with Gasteiger partial charge in [-0.2, -0.15) is 0 Å². The van der Waals surface area contributed by atoms with Crippen molar-refractivity contribution in [2.24, 2.45) is 0 Å². The van der Waals surface area contributed by atoms with Crippen LogP contribution in [0.25, 0.3) is 0 Å². The number of benzene rings is 2. The average molecular weight is 440 g/mol. The maximum atomic E-state index is 12.6. The van der Waals surface area contributed by atoms with Crippen molar-refractivity contribution < 1.29 is 9.59 Å². The number of aromatic nitrogens is 1. The summed E-state index contributed by atoms with van der Waals surface area (Å²) < 4.78 is 0. The highest BCUT2D eigenvalue weighted by atomic mass is 35.5. The molecule has 5 nitrogen and oxygen atoms in total. The van der Waals surface area contributed by atoms with Gasteiger partial charge in [-0.25, -0.2) is 4.98 Å². The fourth-order valence-electron chi connectivity index (χ4n) is 2.77. The van der Waals surface area contributed by atoms with E-state index in [2.05, 4.69) is 15.6 Å². The lowest BCUT2D eigenvalue weighted by Crippen LogP contribution is -2.27. The van der Waals surface area contributed by atoms with Gasteiger partial charge in [0.25, 0.3) is 5.91 Å². The highest BCUT2D eigenvalue weighted by molar-refractivity contribution is 8.00. The van der Waals surface area contributed by atoms with Crippen LogP contribution in [0, 0.1) is 0 Å². The first kappa shape index (κ1) is 21.9. The van der Waals surface area contributed by atoms with Crippen LogP contribution >= 0.6 is 23.4 Å². The third-order valence-corrected chi connectivity index (χ3v) is 5.71. The quantitative estimate of drug-likeness (QED) is 0.492. The van der Waals surface area contributed by atoms with E-state index >= 15 is 0 Å².